The van der Waals surface area contributed by atoms with E-state index in [0.29, 0.717) is 104 Å². The van der Waals surface area contributed by atoms with Crippen LogP contribution >= 0.6 is 0 Å². The van der Waals surface area contributed by atoms with Gasteiger partial charge < -0.3 is 61.0 Å². The summed E-state index contributed by atoms with van der Waals surface area (Å²) in [4.78, 5) is 113. The second-order valence-electron chi connectivity index (χ2n) is 33.6. The molecule has 0 radical (unpaired) electrons. The second-order valence-corrected chi connectivity index (χ2v) is 33.6. The summed E-state index contributed by atoms with van der Waals surface area (Å²) in [5.74, 6) is 2.72. The molecule has 3 saturated heterocycles. The first kappa shape index (κ1) is 85.2. The topological polar surface area (TPSA) is 376 Å². The van der Waals surface area contributed by atoms with Gasteiger partial charge in [-0.15, -0.1) is 0 Å². The van der Waals surface area contributed by atoms with E-state index >= 15 is 0 Å². The van der Waals surface area contributed by atoms with Crippen LogP contribution in [0.2, 0.25) is 0 Å². The Bertz CT molecular complexity index is 6020. The Kier molecular flexibility index (Phi) is 25.7. The molecule has 6 fully saturated rings. The number of carbonyl (C=O) groups is 5. The minimum atomic E-state index is -0.231. The summed E-state index contributed by atoms with van der Waals surface area (Å²) < 4.78 is 12.5. The van der Waals surface area contributed by atoms with Gasteiger partial charge in [-0.25, -0.2) is 39.9 Å². The highest BCUT2D eigenvalue weighted by Gasteiger charge is 2.36. The van der Waals surface area contributed by atoms with Gasteiger partial charge in [0.2, 0.25) is 17.7 Å². The van der Waals surface area contributed by atoms with Crippen molar-refractivity contribution in [1.29, 1.82) is 0 Å². The number of nitrogens with two attached hydrogens (primary N) is 3. The Morgan fingerprint density at radius 1 is 0.480 bits per heavy atom. The molecule has 5 amide bonds. The third-order valence-corrected chi connectivity index (χ3v) is 24.8. The quantitative estimate of drug-likeness (QED) is 0.0260. The number of hydrogen-bond acceptors (Lipinski definition) is 22. The van der Waals surface area contributed by atoms with Gasteiger partial charge in [0.25, 0.3) is 11.8 Å². The molecule has 31 nitrogen and oxygen atoms in total. The number of aryl methyl sites for hydroxylation is 2. The lowest BCUT2D eigenvalue weighted by molar-refractivity contribution is -0.125. The van der Waals surface area contributed by atoms with Crippen molar-refractivity contribution in [2.75, 3.05) is 108 Å². The lowest BCUT2D eigenvalue weighted by atomic mass is 10.0. The number of nitrogens with one attached hydrogen (secondary N) is 3. The van der Waals surface area contributed by atoms with Crippen LogP contribution in [-0.4, -0.2) is 226 Å². The zero-order valence-electron chi connectivity index (χ0n) is 72.2. The van der Waals surface area contributed by atoms with E-state index in [1.807, 2.05) is 125 Å². The van der Waals surface area contributed by atoms with Crippen LogP contribution in [0.1, 0.15) is 144 Å². The fourth-order valence-corrected chi connectivity index (χ4v) is 17.7. The third-order valence-electron chi connectivity index (χ3n) is 24.8. The van der Waals surface area contributed by atoms with E-state index in [4.69, 9.17) is 21.9 Å². The van der Waals surface area contributed by atoms with Gasteiger partial charge in [-0.1, -0.05) is 68.0 Å². The number of likely N-dealkylation sites (tertiary alicyclic amines) is 3. The molecule has 125 heavy (non-hydrogen) atoms. The monoisotopic (exact) mass is 1680 g/mol. The standard InChI is InChI=1S/C34H40N8O2.C32H36N8O2.C28H33N9O2/c1-4-6-23-14-16-36-28(19-23)39-34(44)25-10-8-24(9-11-25)30-22(2)42(33-31(30)32(35)37-21-38-33)27-15-18-41(20-27)29(43)7-5-17-40(3)26-12-13-26;1-20-12-14-34-26(17-20)37-32(42)23-8-6-22(7-9-23)28-21(2)40(31-29(28)30(33)35-19-36-31)25-13-16-39(18-25)27(41)5-4-15-38(3)24-10-11-24;1-18-25(19-5-9-23(10-6-19)39-16-20-14-32-34-33-20)26-27(29)30-17-31-28(26)37(18)22-11-13-36(15-22)24(38)4-3-12-35(2)21-7-8-21/h5,7-11,14,16,19,21,26-27H,4,6,12-13,15,17-18,20H2,1-3H3,(H2,35,37,38)(H,36,39,44);4-9,12,14,17,19,24-25H,10-11,13,15-16,18H2,1-3H3,(H2,33,35,36)(H,34,37,42);3-6,9-10,14,17,21-22H,7-8,11-13,15-16H2,1-2H3,(H2,29,30,31)(H,32,33,34)/b7-5+;5-4+;4-3+/t27-;25-;22-/m111/s1. The number of fused-ring (bicyclic) bond motifs is 3. The minimum absolute atomic E-state index is 0.0416. The van der Waals surface area contributed by atoms with E-state index in [-0.39, 0.29) is 47.7 Å². The van der Waals surface area contributed by atoms with Gasteiger partial charge in [0.1, 0.15) is 83.1 Å². The highest BCUT2D eigenvalue weighted by Crippen LogP contribution is 2.44. The van der Waals surface area contributed by atoms with Gasteiger partial charge in [-0.05, 0) is 202 Å². The molecule has 31 heteroatoms. The molecule has 9 aromatic heterocycles. The lowest BCUT2D eigenvalue weighted by Crippen LogP contribution is -2.28. The van der Waals surface area contributed by atoms with Crippen LogP contribution in [-0.2, 0) is 27.4 Å². The maximum atomic E-state index is 13.0. The molecule has 6 aliphatic rings. The summed E-state index contributed by atoms with van der Waals surface area (Å²) >= 11 is 0. The third kappa shape index (κ3) is 19.4. The number of aromatic nitrogens is 14. The zero-order chi connectivity index (χ0) is 87.1. The van der Waals surface area contributed by atoms with Crippen molar-refractivity contribution >= 4 is 91.7 Å². The van der Waals surface area contributed by atoms with Crippen LogP contribution in [0, 0.1) is 27.7 Å². The molecular weight excluding hydrogens is 1580 g/mol. The average Bonchev–Trinajstić information content (AvgIpc) is 1.60. The van der Waals surface area contributed by atoms with Gasteiger partial charge in [0.15, 0.2) is 0 Å². The number of ether oxygens (including phenoxy) is 1. The second kappa shape index (κ2) is 37.8. The largest absolute Gasteiger partial charge is 0.487 e. The Morgan fingerprint density at radius 3 is 1.22 bits per heavy atom. The maximum absolute atomic E-state index is 13.0. The number of nitrogens with zero attached hydrogens (tertiary/aromatic N) is 19. The molecular formula is C94H109N25O6. The van der Waals surface area contributed by atoms with Crippen molar-refractivity contribution in [3.8, 4) is 39.1 Å². The number of rotatable bonds is 27. The van der Waals surface area contributed by atoms with E-state index in [0.717, 1.165) is 158 Å². The van der Waals surface area contributed by atoms with Gasteiger partial charge in [0.05, 0.1) is 40.5 Å². The summed E-state index contributed by atoms with van der Waals surface area (Å²) in [6.07, 6.45) is 32.5. The first-order valence-electron chi connectivity index (χ1n) is 43.2. The molecule has 9 N–H and O–H groups in total. The first-order valence-corrected chi connectivity index (χ1v) is 43.2. The number of pyridine rings is 2. The Morgan fingerprint density at radius 2 is 0.856 bits per heavy atom. The summed E-state index contributed by atoms with van der Waals surface area (Å²) in [5, 5.41) is 18.6. The summed E-state index contributed by atoms with van der Waals surface area (Å²) in [6, 6.07) is 32.7. The normalized spacial score (nSPS) is 17.1. The Hall–Kier alpha value is -13.4. The molecule has 12 heterocycles. The average molecular weight is 1690 g/mol. The number of amides is 5. The van der Waals surface area contributed by atoms with E-state index in [2.05, 4.69) is 143 Å². The fourth-order valence-electron chi connectivity index (χ4n) is 17.7. The number of hydrogen-bond donors (Lipinski definition) is 6. The summed E-state index contributed by atoms with van der Waals surface area (Å²) in [7, 11) is 6.33. The number of carbonyl (C=O) groups excluding carboxylic acids is 5. The molecule has 12 aromatic rings. The van der Waals surface area contributed by atoms with Crippen molar-refractivity contribution in [3.05, 3.63) is 216 Å². The summed E-state index contributed by atoms with van der Waals surface area (Å²) in [5.41, 5.74) is 34.3. The minimum Gasteiger partial charge on any atom is -0.487 e. The van der Waals surface area contributed by atoms with Gasteiger partial charge >= 0.3 is 0 Å². The SMILES string of the molecule is CCCc1ccnc(NC(=O)c2ccc(-c3c(C)n([C@@H]4CCN(C(=O)/C=C/CN(C)C5CC5)C4)c4ncnc(N)c34)cc2)c1.Cc1c(-c2ccc(OCc3cn[nH]n3)cc2)c2c(N)ncnc2n1[C@@H]1CCN(C(=O)/C=C/CN(C)C2CC2)C1.Cc1ccnc(NC(=O)c2ccc(-c3c(C)n([C@@H]4CCN(C(=O)/C=C/CN(C)C5CC5)C4)c4ncnc(N)c34)cc2)c1. The molecule has 0 bridgehead atoms. The fraction of sp³-hybridized carbons (Fsp3) is 0.372. The van der Waals surface area contributed by atoms with E-state index < -0.39 is 0 Å². The van der Waals surface area contributed by atoms with Crippen molar-refractivity contribution in [2.45, 2.75) is 148 Å². The lowest BCUT2D eigenvalue weighted by Gasteiger charge is -2.18. The van der Waals surface area contributed by atoms with Crippen LogP contribution in [0.4, 0.5) is 29.1 Å². The van der Waals surface area contributed by atoms with E-state index in [1.165, 1.54) is 57.5 Å². The van der Waals surface area contributed by atoms with Crippen LogP contribution in [0.3, 0.4) is 0 Å². The van der Waals surface area contributed by atoms with Crippen LogP contribution in [0.5, 0.6) is 5.75 Å². The molecule has 3 aliphatic heterocycles. The van der Waals surface area contributed by atoms with Crippen molar-refractivity contribution in [2.24, 2.45) is 0 Å². The molecule has 0 unspecified atom stereocenters. The van der Waals surface area contributed by atoms with Gasteiger partial charge in [-0.2, -0.15) is 15.4 Å². The number of benzene rings is 3. The number of H-pyrrole nitrogens is 1. The molecule has 646 valence electrons. The molecule has 3 atom stereocenters. The van der Waals surface area contributed by atoms with Crippen molar-refractivity contribution in [1.82, 2.24) is 98.4 Å². The van der Waals surface area contributed by atoms with E-state index in [9.17, 15) is 24.0 Å². The highest BCUT2D eigenvalue weighted by molar-refractivity contribution is 6.08. The summed E-state index contributed by atoms with van der Waals surface area (Å²) in [6.45, 7) is 16.9. The number of aromatic amines is 1. The van der Waals surface area contributed by atoms with E-state index in [1.54, 1.807) is 49.0 Å². The van der Waals surface area contributed by atoms with Gasteiger partial charge in [0, 0.05) is 153 Å². The first-order chi connectivity index (χ1) is 60.6. The van der Waals surface area contributed by atoms with Crippen LogP contribution in [0.15, 0.2) is 171 Å². The molecule has 18 rings (SSSR count). The zero-order valence-corrected chi connectivity index (χ0v) is 72.2. The molecule has 3 aromatic carbocycles. The number of likely N-dealkylation sites (N-methyl/N-ethyl adjacent to an activating group) is 3. The van der Waals surface area contributed by atoms with Crippen molar-refractivity contribution in [3.63, 3.8) is 0 Å². The van der Waals surface area contributed by atoms with Gasteiger partial charge in [-0.3, -0.25) is 38.7 Å². The maximum Gasteiger partial charge on any atom is 0.256 e. The molecule has 3 aliphatic carbocycles. The highest BCUT2D eigenvalue weighted by atomic mass is 16.5. The predicted molar refractivity (Wildman–Crippen MR) is 485 cm³/mol. The molecule has 0 spiro atoms. The smallest absolute Gasteiger partial charge is 0.256 e. The van der Waals surface area contributed by atoms with Crippen LogP contribution < -0.4 is 32.6 Å². The van der Waals surface area contributed by atoms with Crippen molar-refractivity contribution < 1.29 is 28.7 Å². The molecule has 3 saturated carbocycles. The number of nitrogen functional groups attached to an aromatic ring is 3. The Labute approximate surface area is 726 Å². The predicted octanol–water partition coefficient (Wildman–Crippen LogP) is 12.5. The number of anilines is 5. The van der Waals surface area contributed by atoms with Crippen LogP contribution in [0.25, 0.3) is 66.5 Å². The Balaban J connectivity index is 0.000000139.